The van der Waals surface area contributed by atoms with Crippen molar-refractivity contribution < 1.29 is 14.3 Å². The number of rotatable bonds is 3. The van der Waals surface area contributed by atoms with Gasteiger partial charge in [0.1, 0.15) is 18.0 Å². The molecule has 4 heteroatoms. The van der Waals surface area contributed by atoms with E-state index in [0.717, 1.165) is 0 Å². The van der Waals surface area contributed by atoms with Crippen LogP contribution in [0.5, 0.6) is 5.75 Å². The minimum absolute atomic E-state index is 0.190. The molecular formula is C14H17NO3. The van der Waals surface area contributed by atoms with Gasteiger partial charge in [-0.2, -0.15) is 0 Å². The quantitative estimate of drug-likeness (QED) is 0.835. The van der Waals surface area contributed by atoms with E-state index in [4.69, 9.17) is 15.9 Å². The van der Waals surface area contributed by atoms with Crippen LogP contribution >= 0.6 is 0 Å². The average molecular weight is 247 g/mol. The summed E-state index contributed by atoms with van der Waals surface area (Å²) in [6.45, 7) is 5.60. The Morgan fingerprint density at radius 2 is 2.17 bits per heavy atom. The van der Waals surface area contributed by atoms with Crippen LogP contribution in [0, 0.1) is 12.3 Å². The summed E-state index contributed by atoms with van der Waals surface area (Å²) in [6, 6.07) is 6.95. The van der Waals surface area contributed by atoms with Crippen molar-refractivity contribution >= 4 is 11.8 Å². The fourth-order valence-electron chi connectivity index (χ4n) is 1.21. The minimum Gasteiger partial charge on any atom is -0.481 e. The first-order chi connectivity index (χ1) is 8.40. The van der Waals surface area contributed by atoms with Crippen molar-refractivity contribution in [2.24, 2.45) is 0 Å². The number of nitrogens with one attached hydrogen (secondary N) is 1. The SMILES string of the molecule is C#CCOc1cccc(NC(=O)OC(C)(C)C)c1. The highest BCUT2D eigenvalue weighted by molar-refractivity contribution is 5.85. The monoisotopic (exact) mass is 247 g/mol. The van der Waals surface area contributed by atoms with Gasteiger partial charge in [-0.25, -0.2) is 4.79 Å². The van der Waals surface area contributed by atoms with Gasteiger partial charge in [0.2, 0.25) is 0 Å². The molecule has 0 atom stereocenters. The molecule has 0 aliphatic heterocycles. The molecule has 4 nitrogen and oxygen atoms in total. The molecule has 0 saturated carbocycles. The molecular weight excluding hydrogens is 230 g/mol. The largest absolute Gasteiger partial charge is 0.481 e. The van der Waals surface area contributed by atoms with Crippen molar-refractivity contribution in [1.29, 1.82) is 0 Å². The van der Waals surface area contributed by atoms with Gasteiger partial charge >= 0.3 is 6.09 Å². The molecule has 0 radical (unpaired) electrons. The second-order valence-corrected chi connectivity index (χ2v) is 4.65. The molecule has 1 rings (SSSR count). The van der Waals surface area contributed by atoms with Crippen LogP contribution in [0.15, 0.2) is 24.3 Å². The van der Waals surface area contributed by atoms with Crippen molar-refractivity contribution in [1.82, 2.24) is 0 Å². The third-order valence-electron chi connectivity index (χ3n) is 1.80. The predicted octanol–water partition coefficient (Wildman–Crippen LogP) is 3.05. The summed E-state index contributed by atoms with van der Waals surface area (Å²) >= 11 is 0. The molecule has 0 aliphatic carbocycles. The lowest BCUT2D eigenvalue weighted by Crippen LogP contribution is -2.27. The van der Waals surface area contributed by atoms with Gasteiger partial charge in [-0.1, -0.05) is 12.0 Å². The molecule has 0 spiro atoms. The second-order valence-electron chi connectivity index (χ2n) is 4.65. The normalized spacial score (nSPS) is 10.3. The maximum absolute atomic E-state index is 11.5. The Bertz CT molecular complexity index is 455. The van der Waals surface area contributed by atoms with Crippen molar-refractivity contribution in [2.75, 3.05) is 11.9 Å². The van der Waals surface area contributed by atoms with Crippen molar-refractivity contribution in [3.63, 3.8) is 0 Å². The third kappa shape index (κ3) is 5.26. The number of ether oxygens (including phenoxy) is 2. The summed E-state index contributed by atoms with van der Waals surface area (Å²) in [4.78, 5) is 11.5. The lowest BCUT2D eigenvalue weighted by atomic mass is 10.2. The van der Waals surface area contributed by atoms with Crippen LogP contribution in [0.4, 0.5) is 10.5 Å². The van der Waals surface area contributed by atoms with Gasteiger partial charge < -0.3 is 9.47 Å². The van der Waals surface area contributed by atoms with Crippen molar-refractivity contribution in [2.45, 2.75) is 26.4 Å². The molecule has 1 amide bonds. The van der Waals surface area contributed by atoms with Crippen LogP contribution in [-0.4, -0.2) is 18.3 Å². The summed E-state index contributed by atoms with van der Waals surface area (Å²) in [5.74, 6) is 2.97. The number of hydrogen-bond acceptors (Lipinski definition) is 3. The highest BCUT2D eigenvalue weighted by atomic mass is 16.6. The van der Waals surface area contributed by atoms with E-state index in [-0.39, 0.29) is 6.61 Å². The van der Waals surface area contributed by atoms with Gasteiger partial charge in [0.25, 0.3) is 0 Å². The molecule has 18 heavy (non-hydrogen) atoms. The molecule has 0 saturated heterocycles. The Morgan fingerprint density at radius 1 is 1.44 bits per heavy atom. The van der Waals surface area contributed by atoms with Gasteiger partial charge in [0.05, 0.1) is 0 Å². The Labute approximate surface area is 107 Å². The van der Waals surface area contributed by atoms with E-state index in [1.165, 1.54) is 0 Å². The van der Waals surface area contributed by atoms with Gasteiger partial charge in [-0.05, 0) is 32.9 Å². The Kier molecular flexibility index (Phi) is 4.61. The predicted molar refractivity (Wildman–Crippen MR) is 70.6 cm³/mol. The first kappa shape index (κ1) is 13.9. The van der Waals surface area contributed by atoms with Crippen LogP contribution < -0.4 is 10.1 Å². The van der Waals surface area contributed by atoms with Crippen LogP contribution in [0.3, 0.4) is 0 Å². The zero-order valence-electron chi connectivity index (χ0n) is 10.8. The first-order valence-electron chi connectivity index (χ1n) is 5.57. The zero-order chi connectivity index (χ0) is 13.6. The number of carbonyl (C=O) groups excluding carboxylic acids is 1. The maximum Gasteiger partial charge on any atom is 0.412 e. The van der Waals surface area contributed by atoms with E-state index in [9.17, 15) is 4.79 Å². The molecule has 1 N–H and O–H groups in total. The fourth-order valence-corrected chi connectivity index (χ4v) is 1.21. The number of hydrogen-bond donors (Lipinski definition) is 1. The lowest BCUT2D eigenvalue weighted by molar-refractivity contribution is 0.0636. The maximum atomic E-state index is 11.5. The van der Waals surface area contributed by atoms with Crippen LogP contribution in [0.1, 0.15) is 20.8 Å². The van der Waals surface area contributed by atoms with Gasteiger partial charge in [0.15, 0.2) is 0 Å². The second kappa shape index (κ2) is 5.97. The molecule has 0 heterocycles. The Morgan fingerprint density at radius 3 is 2.78 bits per heavy atom. The van der Waals surface area contributed by atoms with Crippen molar-refractivity contribution in [3.05, 3.63) is 24.3 Å². The molecule has 96 valence electrons. The van der Waals surface area contributed by atoms with Gasteiger partial charge in [-0.3, -0.25) is 5.32 Å². The number of anilines is 1. The van der Waals surface area contributed by atoms with E-state index in [1.807, 2.05) is 0 Å². The molecule has 0 unspecified atom stereocenters. The summed E-state index contributed by atoms with van der Waals surface area (Å²) in [7, 11) is 0. The summed E-state index contributed by atoms with van der Waals surface area (Å²) < 4.78 is 10.4. The lowest BCUT2D eigenvalue weighted by Gasteiger charge is -2.19. The summed E-state index contributed by atoms with van der Waals surface area (Å²) in [5.41, 5.74) is 0.0700. The highest BCUT2D eigenvalue weighted by Gasteiger charge is 2.16. The van der Waals surface area contributed by atoms with E-state index in [2.05, 4.69) is 11.2 Å². The molecule has 1 aromatic carbocycles. The number of benzene rings is 1. The average Bonchev–Trinajstić information content (AvgIpc) is 2.24. The van der Waals surface area contributed by atoms with E-state index < -0.39 is 11.7 Å². The minimum atomic E-state index is -0.526. The van der Waals surface area contributed by atoms with Crippen molar-refractivity contribution in [3.8, 4) is 18.1 Å². The molecule has 1 aromatic rings. The number of amides is 1. The van der Waals surface area contributed by atoms with Gasteiger partial charge in [-0.15, -0.1) is 6.42 Å². The van der Waals surface area contributed by atoms with E-state index in [1.54, 1.807) is 45.0 Å². The zero-order valence-corrected chi connectivity index (χ0v) is 10.8. The third-order valence-corrected chi connectivity index (χ3v) is 1.80. The topological polar surface area (TPSA) is 47.6 Å². The summed E-state index contributed by atoms with van der Waals surface area (Å²) in [5, 5.41) is 2.62. The van der Waals surface area contributed by atoms with Crippen LogP contribution in [0.2, 0.25) is 0 Å². The Hall–Kier alpha value is -2.15. The van der Waals surface area contributed by atoms with E-state index >= 15 is 0 Å². The fraction of sp³-hybridized carbons (Fsp3) is 0.357. The summed E-state index contributed by atoms with van der Waals surface area (Å²) in [6.07, 6.45) is 4.60. The van der Waals surface area contributed by atoms with Crippen LogP contribution in [-0.2, 0) is 4.74 Å². The molecule has 0 bridgehead atoms. The first-order valence-corrected chi connectivity index (χ1v) is 5.57. The van der Waals surface area contributed by atoms with E-state index in [0.29, 0.717) is 11.4 Å². The van der Waals surface area contributed by atoms with Crippen LogP contribution in [0.25, 0.3) is 0 Å². The highest BCUT2D eigenvalue weighted by Crippen LogP contribution is 2.18. The van der Waals surface area contributed by atoms with Gasteiger partial charge in [0, 0.05) is 11.8 Å². The molecule has 0 aliphatic rings. The molecule has 0 fully saturated rings. The standard InChI is InChI=1S/C14H17NO3/c1-5-9-17-12-8-6-7-11(10-12)15-13(16)18-14(2,3)4/h1,6-8,10H,9H2,2-4H3,(H,15,16). The number of carbonyl (C=O) groups is 1. The smallest absolute Gasteiger partial charge is 0.412 e. The molecule has 0 aromatic heterocycles. The number of terminal acetylenes is 1. The Balaban J connectivity index is 2.62.